The second-order valence-electron chi connectivity index (χ2n) is 13.3. The summed E-state index contributed by atoms with van der Waals surface area (Å²) in [6, 6.07) is 3.85. The number of carbonyl (C=O) groups is 2. The molecular weight excluding hydrogens is 719 g/mol. The van der Waals surface area contributed by atoms with Crippen molar-refractivity contribution in [2.75, 3.05) is 30.1 Å². The molecule has 2 fully saturated rings. The van der Waals surface area contributed by atoms with Gasteiger partial charge in [-0.1, -0.05) is 52.1 Å². The number of nitriles is 1. The summed E-state index contributed by atoms with van der Waals surface area (Å²) in [4.78, 5) is 28.3. The zero-order chi connectivity index (χ0) is 36.8. The van der Waals surface area contributed by atoms with Crippen molar-refractivity contribution in [1.82, 2.24) is 9.55 Å². The van der Waals surface area contributed by atoms with E-state index in [0.29, 0.717) is 11.1 Å². The number of anilines is 1. The second kappa shape index (κ2) is 17.1. The molecule has 19 heteroatoms. The molecule has 16 nitrogen and oxygen atoms in total. The molecule has 2 aliphatic rings. The Balaban J connectivity index is 1.50. The molecule has 0 aromatic carbocycles. The molecule has 3 N–H and O–H groups in total. The van der Waals surface area contributed by atoms with E-state index in [1.54, 1.807) is 33.8 Å². The quantitative estimate of drug-likeness (QED) is 0.0887. The number of esters is 2. The molecule has 0 spiro atoms. The Hall–Kier alpha value is -2.81. The minimum absolute atomic E-state index is 0.0241. The van der Waals surface area contributed by atoms with E-state index in [1.165, 1.54) is 10.8 Å². The lowest BCUT2D eigenvalue weighted by Crippen LogP contribution is -2.36. The zero-order valence-electron chi connectivity index (χ0n) is 28.3. The summed E-state index contributed by atoms with van der Waals surface area (Å²) in [6.07, 6.45) is -0.709. The van der Waals surface area contributed by atoms with Crippen LogP contribution in [0.5, 0.6) is 0 Å². The van der Waals surface area contributed by atoms with Crippen molar-refractivity contribution in [2.24, 2.45) is 11.8 Å². The Morgan fingerprint density at radius 2 is 1.68 bits per heavy atom. The number of nitrogens with zero attached hydrogens (tertiary/aromatic N) is 3. The monoisotopic (exact) mass is 762 g/mol. The van der Waals surface area contributed by atoms with Crippen LogP contribution in [0.4, 0.5) is 5.69 Å². The molecule has 4 atom stereocenters. The molecule has 1 saturated heterocycles. The highest BCUT2D eigenvalue weighted by Gasteiger charge is 2.47. The Bertz CT molecular complexity index is 1690. The first-order valence-electron chi connectivity index (χ1n) is 16.3. The van der Waals surface area contributed by atoms with Gasteiger partial charge in [0.05, 0.1) is 11.4 Å². The molecule has 0 radical (unpaired) electrons. The number of sulfone groups is 1. The molecule has 3 heterocycles. The molecule has 1 aliphatic carbocycles. The average Bonchev–Trinajstić information content (AvgIpc) is 3.73. The van der Waals surface area contributed by atoms with E-state index in [-0.39, 0.29) is 47.1 Å². The van der Waals surface area contributed by atoms with Crippen LogP contribution >= 0.6 is 19.2 Å². The third kappa shape index (κ3) is 10.4. The van der Waals surface area contributed by atoms with Gasteiger partial charge in [-0.05, 0) is 30.7 Å². The number of aliphatic hydroxyl groups excluding tert-OH is 2. The number of hydrogen-bond acceptors (Lipinski definition) is 15. The van der Waals surface area contributed by atoms with Gasteiger partial charge >= 0.3 is 19.5 Å². The predicted octanol–water partition coefficient (Wildman–Crippen LogP) is 4.23. The Labute approximate surface area is 295 Å². The lowest BCUT2D eigenvalue weighted by molar-refractivity contribution is -0.153. The highest BCUT2D eigenvalue weighted by atomic mass is 35.5. The van der Waals surface area contributed by atoms with Gasteiger partial charge in [-0.2, -0.15) is 5.26 Å². The number of pyridine rings is 1. The normalized spacial score (nSPS) is 21.6. The van der Waals surface area contributed by atoms with Crippen LogP contribution in [0.1, 0.15) is 78.0 Å². The SMILES string of the molecule is CC(C)CC(=O)OCOP(=O)(CS(=O)(=O)C[C@H]1O[C@@H](n2ccc3c(NC4CCCC4)c(C#N)c(Cl)nc32)[C@H](O)[C@@H]1O)OCOC(=O)CC(C)C. The molecule has 0 unspecified atom stereocenters. The fourth-order valence-electron chi connectivity index (χ4n) is 5.75. The van der Waals surface area contributed by atoms with E-state index in [9.17, 15) is 38.0 Å². The first-order chi connectivity index (χ1) is 23.5. The molecule has 0 amide bonds. The van der Waals surface area contributed by atoms with Gasteiger partial charge in [0.15, 0.2) is 26.7 Å². The number of aliphatic hydroxyl groups is 2. The largest absolute Gasteiger partial charge is 0.438 e. The molecule has 1 aliphatic heterocycles. The maximum Gasteiger partial charge on any atom is 0.351 e. The van der Waals surface area contributed by atoms with Crippen molar-refractivity contribution in [3.63, 3.8) is 0 Å². The topological polar surface area (TPSA) is 226 Å². The average molecular weight is 763 g/mol. The lowest BCUT2D eigenvalue weighted by atomic mass is 10.1. The van der Waals surface area contributed by atoms with E-state index < -0.39 is 78.7 Å². The Kier molecular flexibility index (Phi) is 13.7. The highest BCUT2D eigenvalue weighted by molar-refractivity contribution is 7.97. The number of carbonyl (C=O) groups excluding carboxylic acids is 2. The van der Waals surface area contributed by atoms with E-state index in [0.717, 1.165) is 25.7 Å². The van der Waals surface area contributed by atoms with Gasteiger partial charge in [-0.3, -0.25) is 23.2 Å². The first kappa shape index (κ1) is 40.0. The number of hydrogen-bond donors (Lipinski definition) is 3. The maximum atomic E-state index is 13.6. The Morgan fingerprint density at radius 3 is 2.22 bits per heavy atom. The van der Waals surface area contributed by atoms with E-state index in [4.69, 9.17) is 34.9 Å². The predicted molar refractivity (Wildman–Crippen MR) is 181 cm³/mol. The molecule has 1 saturated carbocycles. The summed E-state index contributed by atoms with van der Waals surface area (Å²) < 4.78 is 67.6. The van der Waals surface area contributed by atoms with Crippen molar-refractivity contribution in [1.29, 1.82) is 5.26 Å². The molecule has 2 aromatic heterocycles. The van der Waals surface area contributed by atoms with Crippen LogP contribution in [0.3, 0.4) is 0 Å². The standard InChI is InChI=1S/C31H44ClN4O12PS/c1-18(2)11-24(37)44-15-46-49(41,47-16-45-25(38)12-19(3)4)17-50(42,43)14-23-27(39)28(40)31(48-23)36-10-9-21-26(34-20-7-5-6-8-20)22(13-33)29(32)35-30(21)36/h9-10,18-20,23,27-28,31,39-40H,5-8,11-12,14-17H2,1-4H3,(H,34,35)/t23-,27-,28-,31-/m1/s1. The van der Waals surface area contributed by atoms with Crippen LogP contribution in [-0.2, 0) is 47.2 Å². The maximum absolute atomic E-state index is 13.6. The summed E-state index contributed by atoms with van der Waals surface area (Å²) in [6.45, 7) is 5.30. The number of aromatic nitrogens is 2. The lowest BCUT2D eigenvalue weighted by Gasteiger charge is -2.20. The number of halogens is 1. The van der Waals surface area contributed by atoms with E-state index in [2.05, 4.69) is 16.4 Å². The van der Waals surface area contributed by atoms with Crippen LogP contribution in [0.2, 0.25) is 5.15 Å². The summed E-state index contributed by atoms with van der Waals surface area (Å²) in [5, 5.41) is 35.5. The van der Waals surface area contributed by atoms with Crippen molar-refractivity contribution >= 4 is 57.7 Å². The minimum atomic E-state index is -4.65. The summed E-state index contributed by atoms with van der Waals surface area (Å²) in [5.74, 6) is -2.39. The Morgan fingerprint density at radius 1 is 1.10 bits per heavy atom. The summed E-state index contributed by atoms with van der Waals surface area (Å²) in [7, 11) is -9.12. The van der Waals surface area contributed by atoms with Gasteiger partial charge in [0.25, 0.3) is 0 Å². The van der Waals surface area contributed by atoms with E-state index in [1.807, 2.05) is 0 Å². The molecule has 2 aromatic rings. The van der Waals surface area contributed by atoms with Crippen LogP contribution in [0.25, 0.3) is 11.0 Å². The molecule has 4 rings (SSSR count). The fraction of sp³-hybridized carbons (Fsp3) is 0.677. The molecule has 278 valence electrons. The number of nitrogens with one attached hydrogen (secondary N) is 1. The second-order valence-corrected chi connectivity index (χ2v) is 18.2. The van der Waals surface area contributed by atoms with Gasteiger partial charge in [-0.15, -0.1) is 0 Å². The molecule has 50 heavy (non-hydrogen) atoms. The van der Waals surface area contributed by atoms with Crippen molar-refractivity contribution in [3.05, 3.63) is 23.0 Å². The molecule has 0 bridgehead atoms. The van der Waals surface area contributed by atoms with Crippen LogP contribution in [-0.4, -0.2) is 89.3 Å². The zero-order valence-corrected chi connectivity index (χ0v) is 30.8. The number of fused-ring (bicyclic) bond motifs is 1. The first-order valence-corrected chi connectivity index (χ1v) is 20.2. The summed E-state index contributed by atoms with van der Waals surface area (Å²) in [5.41, 5.74) is -0.410. The van der Waals surface area contributed by atoms with Gasteiger partial charge < -0.3 is 34.3 Å². The van der Waals surface area contributed by atoms with Gasteiger partial charge in [0.2, 0.25) is 13.6 Å². The third-order valence-corrected chi connectivity index (χ3v) is 13.1. The van der Waals surface area contributed by atoms with Crippen LogP contribution < -0.4 is 5.32 Å². The fourth-order valence-corrected chi connectivity index (χ4v) is 10.2. The minimum Gasteiger partial charge on any atom is -0.438 e. The van der Waals surface area contributed by atoms with Crippen molar-refractivity contribution < 1.29 is 56.0 Å². The van der Waals surface area contributed by atoms with Crippen LogP contribution in [0, 0.1) is 23.2 Å². The number of rotatable bonds is 17. The van der Waals surface area contributed by atoms with E-state index >= 15 is 0 Å². The third-order valence-electron chi connectivity index (χ3n) is 8.11. The van der Waals surface area contributed by atoms with Crippen LogP contribution in [0.15, 0.2) is 12.3 Å². The highest BCUT2D eigenvalue weighted by Crippen LogP contribution is 2.50. The van der Waals surface area contributed by atoms with Gasteiger partial charge in [0, 0.05) is 30.5 Å². The molecular formula is C31H44ClN4O12PS. The van der Waals surface area contributed by atoms with Gasteiger partial charge in [0.1, 0.15) is 35.6 Å². The van der Waals surface area contributed by atoms with Crippen molar-refractivity contribution in [2.45, 2.75) is 96.8 Å². The smallest absolute Gasteiger partial charge is 0.351 e. The number of ether oxygens (including phenoxy) is 3. The van der Waals surface area contributed by atoms with Crippen molar-refractivity contribution in [3.8, 4) is 6.07 Å². The van der Waals surface area contributed by atoms with Gasteiger partial charge in [-0.25, -0.2) is 13.4 Å². The summed E-state index contributed by atoms with van der Waals surface area (Å²) >= 11 is 6.40.